The standard InChI is InChI=1S/C53H61BN2O/c1-32-27-43-46-44(28-32)56(36-19-15-33(16-20-36)49(2,3)4)47-38-22-17-35(51(8,9)10)30-45(38)57-48(47)54(46)41-29-34(50(5,6)7)18-24-42(41)55(43)37-21-23-39-40(31-37)53(13,14)26-25-52(39,11)12/h15-24,27-31H,25-26H2,1-14H3. The number of aryl methyl sites for hydroxylation is 1. The van der Waals surface area contributed by atoms with Crippen LogP contribution >= 0.6 is 0 Å². The molecule has 292 valence electrons. The van der Waals surface area contributed by atoms with Gasteiger partial charge in [-0.1, -0.05) is 126 Å². The Balaban J connectivity index is 1.38. The van der Waals surface area contributed by atoms with Gasteiger partial charge in [-0.2, -0.15) is 0 Å². The minimum atomic E-state index is -0.0808. The number of hydrogen-bond donors (Lipinski definition) is 0. The summed E-state index contributed by atoms with van der Waals surface area (Å²) >= 11 is 0. The van der Waals surface area contributed by atoms with Crippen molar-refractivity contribution in [3.8, 4) is 0 Å². The second-order valence-electron chi connectivity index (χ2n) is 21.9. The van der Waals surface area contributed by atoms with Gasteiger partial charge < -0.3 is 14.2 Å². The Morgan fingerprint density at radius 2 is 1.09 bits per heavy atom. The maximum Gasteiger partial charge on any atom is 0.297 e. The van der Waals surface area contributed by atoms with E-state index in [9.17, 15) is 0 Å². The van der Waals surface area contributed by atoms with Crippen molar-refractivity contribution in [1.29, 1.82) is 0 Å². The van der Waals surface area contributed by atoms with Gasteiger partial charge in [-0.25, -0.2) is 0 Å². The zero-order valence-corrected chi connectivity index (χ0v) is 37.0. The Morgan fingerprint density at radius 3 is 1.72 bits per heavy atom. The lowest BCUT2D eigenvalue weighted by atomic mass is 9.35. The molecule has 1 aliphatic carbocycles. The van der Waals surface area contributed by atoms with E-state index in [-0.39, 0.29) is 33.8 Å². The van der Waals surface area contributed by atoms with Gasteiger partial charge >= 0.3 is 0 Å². The first-order valence-corrected chi connectivity index (χ1v) is 21.3. The maximum atomic E-state index is 7.32. The molecule has 6 aromatic rings. The fourth-order valence-electron chi connectivity index (χ4n) is 9.93. The van der Waals surface area contributed by atoms with E-state index in [4.69, 9.17) is 4.42 Å². The van der Waals surface area contributed by atoms with Crippen LogP contribution in [-0.4, -0.2) is 6.71 Å². The Hall–Kier alpha value is -4.70. The Morgan fingerprint density at radius 1 is 0.544 bits per heavy atom. The molecule has 0 amide bonds. The molecule has 0 atom stereocenters. The van der Waals surface area contributed by atoms with E-state index in [1.165, 1.54) is 79.9 Å². The van der Waals surface area contributed by atoms with Crippen molar-refractivity contribution in [2.24, 2.45) is 0 Å². The van der Waals surface area contributed by atoms with Crippen molar-refractivity contribution in [3.63, 3.8) is 0 Å². The third kappa shape index (κ3) is 5.91. The summed E-state index contributed by atoms with van der Waals surface area (Å²) < 4.78 is 7.32. The van der Waals surface area contributed by atoms with E-state index in [0.29, 0.717) is 0 Å². The number of furan rings is 1. The van der Waals surface area contributed by atoms with Crippen molar-refractivity contribution in [2.45, 2.75) is 137 Å². The molecule has 0 fully saturated rings. The summed E-state index contributed by atoms with van der Waals surface area (Å²) in [5.41, 5.74) is 20.2. The topological polar surface area (TPSA) is 19.6 Å². The molecule has 2 aliphatic heterocycles. The molecule has 3 aliphatic rings. The number of anilines is 6. The highest BCUT2D eigenvalue weighted by Gasteiger charge is 2.48. The molecule has 9 rings (SSSR count). The molecule has 1 aromatic heterocycles. The van der Waals surface area contributed by atoms with Crippen molar-refractivity contribution in [3.05, 3.63) is 124 Å². The number of nitrogens with zero attached hydrogens (tertiary/aromatic N) is 2. The summed E-state index contributed by atoms with van der Waals surface area (Å²) in [6, 6.07) is 35.7. The summed E-state index contributed by atoms with van der Waals surface area (Å²) in [7, 11) is 0. The van der Waals surface area contributed by atoms with Gasteiger partial charge in [0.05, 0.1) is 11.3 Å². The fourth-order valence-corrected chi connectivity index (χ4v) is 9.93. The summed E-state index contributed by atoms with van der Waals surface area (Å²) in [6.45, 7) is 32.6. The average Bonchev–Trinajstić information content (AvgIpc) is 3.50. The lowest BCUT2D eigenvalue weighted by Gasteiger charge is -2.45. The van der Waals surface area contributed by atoms with Gasteiger partial charge in [0.1, 0.15) is 5.58 Å². The molecule has 4 heteroatoms. The van der Waals surface area contributed by atoms with E-state index in [1.807, 2.05) is 0 Å². The Kier molecular flexibility index (Phi) is 8.08. The average molecular weight is 753 g/mol. The minimum Gasteiger partial charge on any atom is -0.468 e. The van der Waals surface area contributed by atoms with Gasteiger partial charge in [0, 0.05) is 33.8 Å². The van der Waals surface area contributed by atoms with E-state index in [1.54, 1.807) is 0 Å². The monoisotopic (exact) mass is 752 g/mol. The van der Waals surface area contributed by atoms with E-state index in [2.05, 4.69) is 198 Å². The number of benzene rings is 5. The molecule has 0 radical (unpaired) electrons. The van der Waals surface area contributed by atoms with Crippen LogP contribution in [0.2, 0.25) is 0 Å². The van der Waals surface area contributed by atoms with Crippen LogP contribution in [-0.2, 0) is 27.1 Å². The van der Waals surface area contributed by atoms with Crippen LogP contribution in [0.5, 0.6) is 0 Å². The molecule has 3 heterocycles. The van der Waals surface area contributed by atoms with Crippen LogP contribution in [0.1, 0.15) is 136 Å². The molecular formula is C53H61BN2O. The lowest BCUT2D eigenvalue weighted by molar-refractivity contribution is 0.332. The van der Waals surface area contributed by atoms with Crippen LogP contribution in [0.15, 0.2) is 95.4 Å². The molecule has 0 spiro atoms. The number of rotatable bonds is 2. The zero-order chi connectivity index (χ0) is 40.8. The van der Waals surface area contributed by atoms with Crippen LogP contribution in [0, 0.1) is 6.92 Å². The van der Waals surface area contributed by atoms with Crippen molar-refractivity contribution < 1.29 is 4.42 Å². The second kappa shape index (κ2) is 12.2. The molecular weight excluding hydrogens is 691 g/mol. The maximum absolute atomic E-state index is 7.32. The van der Waals surface area contributed by atoms with E-state index >= 15 is 0 Å². The first-order chi connectivity index (χ1) is 26.5. The van der Waals surface area contributed by atoms with Crippen molar-refractivity contribution in [1.82, 2.24) is 0 Å². The SMILES string of the molecule is Cc1cc2c3c(c1)N(c1ccc(C(C)(C)C)cc1)c1c(oc4cc(C(C)(C)C)ccc14)B3c1cc(C(C)(C)C)ccc1N2c1ccc2c(c1)C(C)(C)CCC2(C)C. The van der Waals surface area contributed by atoms with Gasteiger partial charge in [-0.05, 0) is 146 Å². The predicted octanol–water partition coefficient (Wildman–Crippen LogP) is 13.1. The van der Waals surface area contributed by atoms with E-state index < -0.39 is 0 Å². The molecule has 0 N–H and O–H groups in total. The molecule has 57 heavy (non-hydrogen) atoms. The van der Waals surface area contributed by atoms with Gasteiger partial charge in [0.15, 0.2) is 0 Å². The fraction of sp³-hybridized carbons (Fsp3) is 0.396. The van der Waals surface area contributed by atoms with E-state index in [0.717, 1.165) is 28.0 Å². The molecule has 0 saturated carbocycles. The second-order valence-corrected chi connectivity index (χ2v) is 21.9. The van der Waals surface area contributed by atoms with Gasteiger partial charge in [-0.15, -0.1) is 0 Å². The quantitative estimate of drug-likeness (QED) is 0.164. The highest BCUT2D eigenvalue weighted by atomic mass is 16.3. The first-order valence-electron chi connectivity index (χ1n) is 21.3. The van der Waals surface area contributed by atoms with Crippen LogP contribution in [0.3, 0.4) is 0 Å². The summed E-state index contributed by atoms with van der Waals surface area (Å²) in [5, 5.41) is 1.15. The first kappa shape index (κ1) is 37.9. The van der Waals surface area contributed by atoms with Crippen LogP contribution < -0.4 is 26.4 Å². The Bertz CT molecular complexity index is 2600. The third-order valence-corrected chi connectivity index (χ3v) is 13.6. The van der Waals surface area contributed by atoms with Crippen molar-refractivity contribution >= 4 is 68.4 Å². The van der Waals surface area contributed by atoms with Crippen LogP contribution in [0.25, 0.3) is 11.0 Å². The third-order valence-electron chi connectivity index (χ3n) is 13.6. The van der Waals surface area contributed by atoms with Gasteiger partial charge in [-0.3, -0.25) is 0 Å². The summed E-state index contributed by atoms with van der Waals surface area (Å²) in [5.74, 6) is 0. The number of hydrogen-bond acceptors (Lipinski definition) is 3. The molecule has 5 aromatic carbocycles. The highest BCUT2D eigenvalue weighted by Crippen LogP contribution is 2.51. The summed E-state index contributed by atoms with van der Waals surface area (Å²) in [4.78, 5) is 5.09. The predicted molar refractivity (Wildman–Crippen MR) is 246 cm³/mol. The smallest absolute Gasteiger partial charge is 0.297 e. The molecule has 0 bridgehead atoms. The summed E-state index contributed by atoms with van der Waals surface area (Å²) in [6.07, 6.45) is 2.38. The molecule has 3 nitrogen and oxygen atoms in total. The Labute approximate surface area is 342 Å². The van der Waals surface area contributed by atoms with Crippen molar-refractivity contribution in [2.75, 3.05) is 9.80 Å². The zero-order valence-electron chi connectivity index (χ0n) is 37.0. The number of fused-ring (bicyclic) bond motifs is 7. The minimum absolute atomic E-state index is 0.00455. The van der Waals surface area contributed by atoms with Gasteiger partial charge in [0.25, 0.3) is 6.71 Å². The lowest BCUT2D eigenvalue weighted by Crippen LogP contribution is -2.61. The molecule has 0 unspecified atom stereocenters. The highest BCUT2D eigenvalue weighted by molar-refractivity contribution is 7.00. The van der Waals surface area contributed by atoms with Gasteiger partial charge in [0.2, 0.25) is 0 Å². The largest absolute Gasteiger partial charge is 0.468 e. The van der Waals surface area contributed by atoms with Crippen LogP contribution in [0.4, 0.5) is 34.1 Å². The normalized spacial score (nSPS) is 17.0. The molecule has 0 saturated heterocycles.